The second-order valence-corrected chi connectivity index (χ2v) is 10.7. The number of thiazole rings is 1. The van der Waals surface area contributed by atoms with Gasteiger partial charge in [-0.15, -0.1) is 11.3 Å². The summed E-state index contributed by atoms with van der Waals surface area (Å²) in [6, 6.07) is 15.3. The average molecular weight is 454 g/mol. The van der Waals surface area contributed by atoms with Crippen LogP contribution in [-0.2, 0) is 22.9 Å². The van der Waals surface area contributed by atoms with Crippen LogP contribution in [0.3, 0.4) is 0 Å². The molecule has 1 aliphatic heterocycles. The van der Waals surface area contributed by atoms with Gasteiger partial charge in [-0.2, -0.15) is 4.31 Å². The minimum absolute atomic E-state index is 0.145. The summed E-state index contributed by atoms with van der Waals surface area (Å²) in [5.41, 5.74) is 3.80. The third kappa shape index (κ3) is 3.91. The maximum atomic E-state index is 13.1. The highest BCUT2D eigenvalue weighted by Gasteiger charge is 2.31. The van der Waals surface area contributed by atoms with Crippen LogP contribution in [0.5, 0.6) is 0 Å². The van der Waals surface area contributed by atoms with Crippen LogP contribution >= 0.6 is 11.3 Å². The Morgan fingerprint density at radius 1 is 0.935 bits per heavy atom. The number of aryl methyl sites for hydroxylation is 2. The van der Waals surface area contributed by atoms with Crippen molar-refractivity contribution in [2.24, 2.45) is 0 Å². The molecule has 2 aromatic carbocycles. The standard InChI is InChI=1S/C23H23N3O3S2/c27-23(21-16-30-22(24-21)18-5-2-1-3-6-18)25-11-13-26(14-12-25)31(28,29)20-10-9-17-7-4-8-19(17)15-20/h1-3,5-6,9-10,15-16H,4,7-8,11-14H2. The maximum absolute atomic E-state index is 13.1. The zero-order chi connectivity index (χ0) is 21.4. The summed E-state index contributed by atoms with van der Waals surface area (Å²) in [7, 11) is -3.55. The number of fused-ring (bicyclic) bond motifs is 1. The van der Waals surface area contributed by atoms with Crippen LogP contribution in [-0.4, -0.2) is 54.7 Å². The summed E-state index contributed by atoms with van der Waals surface area (Å²) in [4.78, 5) is 19.5. The minimum atomic E-state index is -3.55. The highest BCUT2D eigenvalue weighted by Crippen LogP contribution is 2.27. The molecule has 1 fully saturated rings. The van der Waals surface area contributed by atoms with Gasteiger partial charge in [-0.25, -0.2) is 13.4 Å². The number of hydrogen-bond donors (Lipinski definition) is 0. The summed E-state index contributed by atoms with van der Waals surface area (Å²) in [6.07, 6.45) is 3.06. The van der Waals surface area contributed by atoms with Gasteiger partial charge in [0.05, 0.1) is 4.90 Å². The highest BCUT2D eigenvalue weighted by molar-refractivity contribution is 7.89. The maximum Gasteiger partial charge on any atom is 0.273 e. The summed E-state index contributed by atoms with van der Waals surface area (Å²) in [5, 5.41) is 2.58. The van der Waals surface area contributed by atoms with E-state index in [9.17, 15) is 13.2 Å². The first kappa shape index (κ1) is 20.4. The Balaban J connectivity index is 1.26. The number of sulfonamides is 1. The lowest BCUT2D eigenvalue weighted by atomic mass is 10.1. The molecule has 0 unspecified atom stereocenters. The first-order chi connectivity index (χ1) is 15.0. The molecule has 3 aromatic rings. The van der Waals surface area contributed by atoms with Crippen LogP contribution in [0.1, 0.15) is 28.0 Å². The smallest absolute Gasteiger partial charge is 0.273 e. The number of carbonyl (C=O) groups is 1. The summed E-state index contributed by atoms with van der Waals surface area (Å²) < 4.78 is 27.7. The number of benzene rings is 2. The summed E-state index contributed by atoms with van der Waals surface area (Å²) in [6.45, 7) is 1.31. The van der Waals surface area contributed by atoms with E-state index in [4.69, 9.17) is 0 Å². The molecule has 6 nitrogen and oxygen atoms in total. The number of amides is 1. The Kier molecular flexibility index (Phi) is 5.37. The van der Waals surface area contributed by atoms with Gasteiger partial charge >= 0.3 is 0 Å². The van der Waals surface area contributed by atoms with E-state index in [0.717, 1.165) is 35.4 Å². The van der Waals surface area contributed by atoms with Gasteiger partial charge < -0.3 is 4.90 Å². The molecule has 5 rings (SSSR count). The van der Waals surface area contributed by atoms with Crippen molar-refractivity contribution < 1.29 is 13.2 Å². The molecular weight excluding hydrogens is 430 g/mol. The largest absolute Gasteiger partial charge is 0.335 e. The average Bonchev–Trinajstić information content (AvgIpc) is 3.48. The molecule has 8 heteroatoms. The van der Waals surface area contributed by atoms with E-state index in [1.807, 2.05) is 42.5 Å². The predicted octanol–water partition coefficient (Wildman–Crippen LogP) is 3.45. The van der Waals surface area contributed by atoms with Crippen LogP contribution in [0.4, 0.5) is 0 Å². The zero-order valence-corrected chi connectivity index (χ0v) is 18.7. The fourth-order valence-corrected chi connectivity index (χ4v) is 6.51. The lowest BCUT2D eigenvalue weighted by Crippen LogP contribution is -2.50. The van der Waals surface area contributed by atoms with Crippen LogP contribution in [0, 0.1) is 0 Å². The highest BCUT2D eigenvalue weighted by atomic mass is 32.2. The topological polar surface area (TPSA) is 70.6 Å². The fraction of sp³-hybridized carbons (Fsp3) is 0.304. The molecule has 160 valence electrons. The molecule has 31 heavy (non-hydrogen) atoms. The van der Waals surface area contributed by atoms with Crippen molar-refractivity contribution in [1.82, 2.24) is 14.2 Å². The second-order valence-electron chi connectivity index (χ2n) is 7.88. The molecule has 0 spiro atoms. The number of aromatic nitrogens is 1. The molecule has 0 saturated carbocycles. The first-order valence-corrected chi connectivity index (χ1v) is 12.8. The van der Waals surface area contributed by atoms with Crippen molar-refractivity contribution in [2.75, 3.05) is 26.2 Å². The van der Waals surface area contributed by atoms with Gasteiger partial charge in [-0.05, 0) is 42.5 Å². The Morgan fingerprint density at radius 2 is 1.68 bits per heavy atom. The van der Waals surface area contributed by atoms with Crippen molar-refractivity contribution >= 4 is 27.3 Å². The molecule has 0 radical (unpaired) electrons. The molecule has 2 aliphatic rings. The molecule has 1 aromatic heterocycles. The third-order valence-corrected chi connectivity index (χ3v) is 8.76. The molecule has 0 atom stereocenters. The predicted molar refractivity (Wildman–Crippen MR) is 121 cm³/mol. The molecule has 1 aliphatic carbocycles. The van der Waals surface area contributed by atoms with Gasteiger partial charge in [-0.3, -0.25) is 4.79 Å². The van der Waals surface area contributed by atoms with Gasteiger partial charge in [0, 0.05) is 37.1 Å². The van der Waals surface area contributed by atoms with Crippen LogP contribution in [0.15, 0.2) is 58.8 Å². The summed E-state index contributed by atoms with van der Waals surface area (Å²) >= 11 is 1.44. The molecule has 2 heterocycles. The van der Waals surface area contributed by atoms with Crippen molar-refractivity contribution in [3.05, 3.63) is 70.7 Å². The van der Waals surface area contributed by atoms with Crippen LogP contribution < -0.4 is 0 Å². The third-order valence-electron chi connectivity index (χ3n) is 5.98. The monoisotopic (exact) mass is 453 g/mol. The van der Waals surface area contributed by atoms with E-state index in [-0.39, 0.29) is 5.91 Å². The molecule has 1 amide bonds. The van der Waals surface area contributed by atoms with Crippen molar-refractivity contribution in [2.45, 2.75) is 24.2 Å². The van der Waals surface area contributed by atoms with E-state index < -0.39 is 10.0 Å². The normalized spacial score (nSPS) is 17.0. The number of hydrogen-bond acceptors (Lipinski definition) is 5. The van der Waals surface area contributed by atoms with Gasteiger partial charge in [0.25, 0.3) is 5.91 Å². The van der Waals surface area contributed by atoms with Gasteiger partial charge in [0.15, 0.2) is 0 Å². The molecule has 1 saturated heterocycles. The van der Waals surface area contributed by atoms with Crippen molar-refractivity contribution in [3.63, 3.8) is 0 Å². The first-order valence-electron chi connectivity index (χ1n) is 10.4. The lowest BCUT2D eigenvalue weighted by Gasteiger charge is -2.33. The zero-order valence-electron chi connectivity index (χ0n) is 17.0. The van der Waals surface area contributed by atoms with E-state index in [1.54, 1.807) is 16.3 Å². The Labute approximate surface area is 186 Å². The quantitative estimate of drug-likeness (QED) is 0.607. The van der Waals surface area contributed by atoms with E-state index >= 15 is 0 Å². The number of rotatable bonds is 4. The van der Waals surface area contributed by atoms with E-state index in [2.05, 4.69) is 4.98 Å². The fourth-order valence-electron chi connectivity index (χ4n) is 4.24. The van der Waals surface area contributed by atoms with Crippen LogP contribution in [0.2, 0.25) is 0 Å². The lowest BCUT2D eigenvalue weighted by molar-refractivity contribution is 0.0693. The number of carbonyl (C=O) groups excluding carboxylic acids is 1. The Morgan fingerprint density at radius 3 is 2.45 bits per heavy atom. The van der Waals surface area contributed by atoms with E-state index in [1.165, 1.54) is 21.2 Å². The van der Waals surface area contributed by atoms with Crippen molar-refractivity contribution in [3.8, 4) is 10.6 Å². The van der Waals surface area contributed by atoms with Crippen LogP contribution in [0.25, 0.3) is 10.6 Å². The Bertz CT molecular complexity index is 1210. The van der Waals surface area contributed by atoms with Gasteiger partial charge in [0.1, 0.15) is 10.7 Å². The molecule has 0 bridgehead atoms. The van der Waals surface area contributed by atoms with Gasteiger partial charge in [-0.1, -0.05) is 36.4 Å². The molecular formula is C23H23N3O3S2. The van der Waals surface area contributed by atoms with E-state index in [0.29, 0.717) is 36.8 Å². The Hall–Kier alpha value is -2.55. The second kappa shape index (κ2) is 8.18. The number of nitrogens with zero attached hydrogens (tertiary/aromatic N) is 3. The van der Waals surface area contributed by atoms with Crippen molar-refractivity contribution in [1.29, 1.82) is 0 Å². The SMILES string of the molecule is O=C(c1csc(-c2ccccc2)n1)N1CCN(S(=O)(=O)c2ccc3c(c2)CCC3)CC1. The summed E-state index contributed by atoms with van der Waals surface area (Å²) in [5.74, 6) is -0.145. The molecule has 0 N–H and O–H groups in total. The van der Waals surface area contributed by atoms with Gasteiger partial charge in [0.2, 0.25) is 10.0 Å². The minimum Gasteiger partial charge on any atom is -0.335 e. The number of piperazine rings is 1.